The Labute approximate surface area is 76.2 Å². The molecule has 0 spiro atoms. The molecule has 0 heterocycles. The molecule has 1 atom stereocenters. The van der Waals surface area contributed by atoms with Crippen LogP contribution >= 0.6 is 0 Å². The molecular formula is C10H11NO2. The Morgan fingerprint density at radius 3 is 2.77 bits per heavy atom. The number of hydrogen-bond donors (Lipinski definition) is 2. The Balaban J connectivity index is 2.58. The second-order valence-corrected chi connectivity index (χ2v) is 3.42. The minimum Gasteiger partial charge on any atom is -0.508 e. The van der Waals surface area contributed by atoms with Gasteiger partial charge in [-0.05, 0) is 36.1 Å². The van der Waals surface area contributed by atoms with Crippen LogP contribution in [0.1, 0.15) is 21.5 Å². The lowest BCUT2D eigenvalue weighted by Crippen LogP contribution is -2.19. The molecule has 0 amide bonds. The van der Waals surface area contributed by atoms with Crippen molar-refractivity contribution in [2.45, 2.75) is 18.9 Å². The molecule has 0 aliphatic heterocycles. The summed E-state index contributed by atoms with van der Waals surface area (Å²) in [5.41, 5.74) is 8.17. The molecule has 1 aliphatic rings. The Morgan fingerprint density at radius 2 is 2.08 bits per heavy atom. The van der Waals surface area contributed by atoms with Crippen molar-refractivity contribution >= 4 is 6.29 Å². The molecule has 0 aromatic heterocycles. The Bertz CT molecular complexity index is 360. The number of carbonyl (C=O) groups excluding carboxylic acids is 1. The summed E-state index contributed by atoms with van der Waals surface area (Å²) in [5, 5.41) is 9.50. The molecule has 1 aliphatic carbocycles. The van der Waals surface area contributed by atoms with E-state index < -0.39 is 0 Å². The zero-order valence-corrected chi connectivity index (χ0v) is 7.16. The van der Waals surface area contributed by atoms with Crippen LogP contribution in [0.2, 0.25) is 0 Å². The summed E-state index contributed by atoms with van der Waals surface area (Å²) >= 11 is 0. The van der Waals surface area contributed by atoms with Gasteiger partial charge in [-0.3, -0.25) is 4.79 Å². The number of aromatic hydroxyl groups is 1. The van der Waals surface area contributed by atoms with Crippen molar-refractivity contribution in [2.75, 3.05) is 0 Å². The van der Waals surface area contributed by atoms with Gasteiger partial charge in [-0.2, -0.15) is 0 Å². The van der Waals surface area contributed by atoms with Crippen LogP contribution in [0.15, 0.2) is 12.1 Å². The van der Waals surface area contributed by atoms with Gasteiger partial charge in [0.15, 0.2) is 0 Å². The van der Waals surface area contributed by atoms with Gasteiger partial charge in [0.25, 0.3) is 0 Å². The molecular weight excluding hydrogens is 166 g/mol. The van der Waals surface area contributed by atoms with Gasteiger partial charge in [0.1, 0.15) is 12.0 Å². The van der Waals surface area contributed by atoms with Crippen molar-refractivity contribution in [1.29, 1.82) is 0 Å². The third-order valence-corrected chi connectivity index (χ3v) is 2.50. The fourth-order valence-corrected chi connectivity index (χ4v) is 1.87. The van der Waals surface area contributed by atoms with Crippen molar-refractivity contribution in [2.24, 2.45) is 5.73 Å². The van der Waals surface area contributed by atoms with Crippen LogP contribution in [0.5, 0.6) is 5.75 Å². The minimum atomic E-state index is 0.0435. The summed E-state index contributed by atoms with van der Waals surface area (Å²) in [4.78, 5) is 10.7. The second-order valence-electron chi connectivity index (χ2n) is 3.42. The fourth-order valence-electron chi connectivity index (χ4n) is 1.87. The molecule has 0 saturated heterocycles. The molecule has 1 aromatic rings. The van der Waals surface area contributed by atoms with Gasteiger partial charge < -0.3 is 10.8 Å². The van der Waals surface area contributed by atoms with Crippen LogP contribution in [-0.2, 0) is 12.8 Å². The standard InChI is InChI=1S/C10H11NO2/c11-7-3-8-6(5-12)1-2-10(13)9(8)4-7/h1-2,5,7,13H,3-4,11H2. The van der Waals surface area contributed by atoms with E-state index in [0.29, 0.717) is 18.4 Å². The molecule has 1 unspecified atom stereocenters. The third kappa shape index (κ3) is 1.21. The van der Waals surface area contributed by atoms with Crippen LogP contribution in [0.3, 0.4) is 0 Å². The molecule has 0 fully saturated rings. The van der Waals surface area contributed by atoms with Gasteiger partial charge in [-0.1, -0.05) is 0 Å². The summed E-state index contributed by atoms with van der Waals surface area (Å²) in [6.07, 6.45) is 2.18. The molecule has 0 saturated carbocycles. The lowest BCUT2D eigenvalue weighted by atomic mass is 10.0. The molecule has 0 bridgehead atoms. The average Bonchev–Trinajstić information content (AvgIpc) is 2.48. The third-order valence-electron chi connectivity index (χ3n) is 2.50. The first kappa shape index (κ1) is 8.26. The van der Waals surface area contributed by atoms with Gasteiger partial charge in [-0.15, -0.1) is 0 Å². The second kappa shape index (κ2) is 2.85. The highest BCUT2D eigenvalue weighted by Crippen LogP contribution is 2.31. The number of carbonyl (C=O) groups is 1. The smallest absolute Gasteiger partial charge is 0.150 e. The monoisotopic (exact) mass is 177 g/mol. The molecule has 68 valence electrons. The highest BCUT2D eigenvalue weighted by molar-refractivity contribution is 5.79. The van der Waals surface area contributed by atoms with E-state index >= 15 is 0 Å². The Kier molecular flexibility index (Phi) is 1.81. The maximum Gasteiger partial charge on any atom is 0.150 e. The van der Waals surface area contributed by atoms with E-state index in [-0.39, 0.29) is 11.8 Å². The zero-order chi connectivity index (χ0) is 9.42. The largest absolute Gasteiger partial charge is 0.508 e. The van der Waals surface area contributed by atoms with Crippen LogP contribution in [0.25, 0.3) is 0 Å². The Morgan fingerprint density at radius 1 is 1.38 bits per heavy atom. The minimum absolute atomic E-state index is 0.0435. The topological polar surface area (TPSA) is 63.3 Å². The molecule has 13 heavy (non-hydrogen) atoms. The lowest BCUT2D eigenvalue weighted by molar-refractivity contribution is 0.112. The SMILES string of the molecule is NC1Cc2c(O)ccc(C=O)c2C1. The predicted molar refractivity (Wildman–Crippen MR) is 48.9 cm³/mol. The normalized spacial score (nSPS) is 19.9. The molecule has 3 nitrogen and oxygen atoms in total. The Hall–Kier alpha value is -1.35. The van der Waals surface area contributed by atoms with Crippen LogP contribution in [0, 0.1) is 0 Å². The number of fused-ring (bicyclic) bond motifs is 1. The van der Waals surface area contributed by atoms with E-state index in [0.717, 1.165) is 17.4 Å². The van der Waals surface area contributed by atoms with E-state index in [1.807, 2.05) is 0 Å². The van der Waals surface area contributed by atoms with E-state index in [1.54, 1.807) is 12.1 Å². The molecule has 3 N–H and O–H groups in total. The zero-order valence-electron chi connectivity index (χ0n) is 7.16. The summed E-state index contributed by atoms with van der Waals surface area (Å²) < 4.78 is 0. The first-order chi connectivity index (χ1) is 6.22. The van der Waals surface area contributed by atoms with Gasteiger partial charge in [0.2, 0.25) is 0 Å². The number of hydrogen-bond acceptors (Lipinski definition) is 3. The quantitative estimate of drug-likeness (QED) is 0.618. The first-order valence-corrected chi connectivity index (χ1v) is 4.27. The van der Waals surface area contributed by atoms with Crippen LogP contribution < -0.4 is 5.73 Å². The molecule has 1 aromatic carbocycles. The lowest BCUT2D eigenvalue weighted by Gasteiger charge is -2.03. The highest BCUT2D eigenvalue weighted by Gasteiger charge is 2.23. The maximum atomic E-state index is 10.7. The number of nitrogens with two attached hydrogens (primary N) is 1. The van der Waals surface area contributed by atoms with Crippen molar-refractivity contribution in [3.05, 3.63) is 28.8 Å². The average molecular weight is 177 g/mol. The van der Waals surface area contributed by atoms with E-state index in [2.05, 4.69) is 0 Å². The number of phenolic OH excluding ortho intramolecular Hbond substituents is 1. The number of rotatable bonds is 1. The number of phenols is 1. The maximum absolute atomic E-state index is 10.7. The molecule has 0 radical (unpaired) electrons. The summed E-state index contributed by atoms with van der Waals surface area (Å²) in [5.74, 6) is 0.258. The summed E-state index contributed by atoms with van der Waals surface area (Å²) in [6.45, 7) is 0. The van der Waals surface area contributed by atoms with E-state index in [1.165, 1.54) is 0 Å². The molecule has 2 rings (SSSR count). The number of aldehydes is 1. The van der Waals surface area contributed by atoms with Crippen molar-refractivity contribution in [1.82, 2.24) is 0 Å². The van der Waals surface area contributed by atoms with Gasteiger partial charge in [-0.25, -0.2) is 0 Å². The van der Waals surface area contributed by atoms with Crippen molar-refractivity contribution in [3.63, 3.8) is 0 Å². The van der Waals surface area contributed by atoms with Gasteiger partial charge in [0, 0.05) is 11.6 Å². The van der Waals surface area contributed by atoms with Gasteiger partial charge >= 0.3 is 0 Å². The first-order valence-electron chi connectivity index (χ1n) is 4.27. The summed E-state index contributed by atoms with van der Waals surface area (Å²) in [7, 11) is 0. The van der Waals surface area contributed by atoms with Gasteiger partial charge in [0.05, 0.1) is 0 Å². The van der Waals surface area contributed by atoms with Crippen LogP contribution in [-0.4, -0.2) is 17.4 Å². The van der Waals surface area contributed by atoms with Crippen LogP contribution in [0.4, 0.5) is 0 Å². The highest BCUT2D eigenvalue weighted by atomic mass is 16.3. The molecule has 3 heteroatoms. The van der Waals surface area contributed by atoms with E-state index in [4.69, 9.17) is 5.73 Å². The fraction of sp³-hybridized carbons (Fsp3) is 0.300. The van der Waals surface area contributed by atoms with Crippen molar-refractivity contribution < 1.29 is 9.90 Å². The summed E-state index contributed by atoms with van der Waals surface area (Å²) in [6, 6.07) is 3.24. The number of benzene rings is 1. The van der Waals surface area contributed by atoms with E-state index in [9.17, 15) is 9.90 Å². The van der Waals surface area contributed by atoms with Crippen molar-refractivity contribution in [3.8, 4) is 5.75 Å². The predicted octanol–water partition coefficient (Wildman–Crippen LogP) is 0.631.